The van der Waals surface area contributed by atoms with Crippen molar-refractivity contribution >= 4 is 23.2 Å². The number of hydrogen-bond donors (Lipinski definition) is 0. The third-order valence-corrected chi connectivity index (χ3v) is 0.818. The second-order valence-corrected chi connectivity index (χ2v) is 2.59. The first kappa shape index (κ1) is 7.98. The van der Waals surface area contributed by atoms with E-state index in [1.54, 1.807) is 0 Å². The molecule has 0 amide bonds. The van der Waals surface area contributed by atoms with Gasteiger partial charge in [0.15, 0.2) is 0 Å². The van der Waals surface area contributed by atoms with Gasteiger partial charge in [0.1, 0.15) is 4.84 Å². The van der Waals surface area contributed by atoms with Crippen LogP contribution in [0, 0.1) is 4.91 Å². The minimum Gasteiger partial charge on any atom is -0.261 e. The summed E-state index contributed by atoms with van der Waals surface area (Å²) in [6.07, 6.45) is 0. The van der Waals surface area contributed by atoms with E-state index in [1.165, 1.54) is 7.05 Å². The van der Waals surface area contributed by atoms with Crippen molar-refractivity contribution in [3.05, 3.63) is 4.91 Å². The van der Waals surface area contributed by atoms with Crippen molar-refractivity contribution in [3.8, 4) is 0 Å². The highest BCUT2D eigenvalue weighted by molar-refractivity contribution is 6.44. The molecule has 0 saturated heterocycles. The van der Waals surface area contributed by atoms with E-state index in [2.05, 4.69) is 5.29 Å². The van der Waals surface area contributed by atoms with Gasteiger partial charge in [-0.25, -0.2) is 0 Å². The summed E-state index contributed by atoms with van der Waals surface area (Å²) >= 11 is 10.6. The van der Waals surface area contributed by atoms with E-state index in [0.29, 0.717) is 0 Å². The van der Waals surface area contributed by atoms with Gasteiger partial charge in [-0.05, 0) is 0 Å². The van der Waals surface area contributed by atoms with Crippen molar-refractivity contribution in [2.45, 2.75) is 4.84 Å². The second kappa shape index (κ2) is 3.92. The van der Waals surface area contributed by atoms with Crippen LogP contribution in [0.3, 0.4) is 0 Å². The van der Waals surface area contributed by atoms with Crippen LogP contribution < -0.4 is 0 Å². The molecule has 0 heterocycles. The zero-order chi connectivity index (χ0) is 6.57. The summed E-state index contributed by atoms with van der Waals surface area (Å²) < 4.78 is 0. The Bertz CT molecular complexity index is 77.7. The fourth-order valence-electron chi connectivity index (χ4n) is 0.233. The van der Waals surface area contributed by atoms with E-state index in [4.69, 9.17) is 23.2 Å². The molecule has 3 nitrogen and oxygen atoms in total. The Balaban J connectivity index is 3.23. The molecule has 0 spiro atoms. The Morgan fingerprint density at radius 1 is 1.75 bits per heavy atom. The van der Waals surface area contributed by atoms with Crippen molar-refractivity contribution in [1.29, 1.82) is 0 Å². The summed E-state index contributed by atoms with van der Waals surface area (Å²) in [5.41, 5.74) is 0. The molecule has 5 heteroatoms. The molecule has 0 rings (SSSR count). The lowest BCUT2D eigenvalue weighted by Crippen LogP contribution is -2.16. The zero-order valence-electron chi connectivity index (χ0n) is 4.34. The molecule has 48 valence electrons. The Kier molecular flexibility index (Phi) is 3.91. The lowest BCUT2D eigenvalue weighted by molar-refractivity contribution is 0.365. The number of halogens is 2. The van der Waals surface area contributed by atoms with Crippen molar-refractivity contribution in [2.24, 2.45) is 5.29 Å². The normalized spacial score (nSPS) is 9.50. The molecule has 0 aromatic carbocycles. The molecule has 0 atom stereocenters. The monoisotopic (exact) mass is 156 g/mol. The lowest BCUT2D eigenvalue weighted by Gasteiger charge is -2.06. The average Bonchev–Trinajstić information content (AvgIpc) is 1.65. The minimum absolute atomic E-state index is 0.270. The molecule has 0 aliphatic heterocycles. The number of rotatable bonds is 3. The van der Waals surface area contributed by atoms with E-state index in [1.807, 2.05) is 0 Å². The third-order valence-electron chi connectivity index (χ3n) is 0.542. The van der Waals surface area contributed by atoms with Crippen LogP contribution >= 0.6 is 23.2 Å². The van der Waals surface area contributed by atoms with Crippen LogP contribution in [0.5, 0.6) is 0 Å². The van der Waals surface area contributed by atoms with Gasteiger partial charge < -0.3 is 0 Å². The maximum absolute atomic E-state index is 9.60. The molecule has 0 radical (unpaired) electrons. The highest BCUT2D eigenvalue weighted by Gasteiger charge is 2.01. The smallest absolute Gasteiger partial charge is 0.127 e. The topological polar surface area (TPSA) is 32.7 Å². The molecule has 0 bridgehead atoms. The Morgan fingerprint density at radius 2 is 2.25 bits per heavy atom. The first-order chi connectivity index (χ1) is 3.66. The van der Waals surface area contributed by atoms with Crippen molar-refractivity contribution in [3.63, 3.8) is 0 Å². The van der Waals surface area contributed by atoms with Gasteiger partial charge in [-0.1, -0.05) is 0 Å². The fraction of sp³-hybridized carbons (Fsp3) is 1.00. The van der Waals surface area contributed by atoms with Gasteiger partial charge in [0.05, 0.1) is 11.8 Å². The van der Waals surface area contributed by atoms with Gasteiger partial charge in [-0.2, -0.15) is 0 Å². The van der Waals surface area contributed by atoms with Gasteiger partial charge in [-0.3, -0.25) is 5.01 Å². The van der Waals surface area contributed by atoms with Crippen molar-refractivity contribution in [2.75, 3.05) is 13.6 Å². The van der Waals surface area contributed by atoms with Crippen molar-refractivity contribution < 1.29 is 0 Å². The number of nitrogens with zero attached hydrogens (tertiary/aromatic N) is 2. The molecule has 0 N–H and O–H groups in total. The van der Waals surface area contributed by atoms with E-state index in [0.717, 1.165) is 5.01 Å². The van der Waals surface area contributed by atoms with Crippen LogP contribution in [0.25, 0.3) is 0 Å². The Hall–Kier alpha value is -0.0200. The molecule has 0 aliphatic carbocycles. The molecule has 0 fully saturated rings. The van der Waals surface area contributed by atoms with Gasteiger partial charge in [-0.15, -0.1) is 28.1 Å². The van der Waals surface area contributed by atoms with Crippen LogP contribution in [0.1, 0.15) is 0 Å². The molecular formula is C3H6Cl2N2O. The zero-order valence-corrected chi connectivity index (χ0v) is 5.85. The predicted molar refractivity (Wildman–Crippen MR) is 33.9 cm³/mol. The molecule has 0 aromatic rings. The van der Waals surface area contributed by atoms with Crippen LogP contribution in [-0.2, 0) is 0 Å². The fourth-order valence-corrected chi connectivity index (χ4v) is 0.633. The van der Waals surface area contributed by atoms with Gasteiger partial charge in [0.2, 0.25) is 0 Å². The predicted octanol–water partition coefficient (Wildman–Crippen LogP) is 1.40. The Morgan fingerprint density at radius 3 is 2.38 bits per heavy atom. The summed E-state index contributed by atoms with van der Waals surface area (Å²) in [4.78, 5) is 9.06. The maximum atomic E-state index is 9.60. The van der Waals surface area contributed by atoms with E-state index >= 15 is 0 Å². The van der Waals surface area contributed by atoms with Gasteiger partial charge in [0, 0.05) is 7.05 Å². The quantitative estimate of drug-likeness (QED) is 0.352. The van der Waals surface area contributed by atoms with Crippen LogP contribution in [0.15, 0.2) is 5.29 Å². The van der Waals surface area contributed by atoms with E-state index in [9.17, 15) is 4.91 Å². The lowest BCUT2D eigenvalue weighted by atomic mass is 10.7. The SMILES string of the molecule is CN(CC(Cl)Cl)N=O. The highest BCUT2D eigenvalue weighted by Crippen LogP contribution is 2.02. The third kappa shape index (κ3) is 4.15. The molecule has 0 saturated carbocycles. The van der Waals surface area contributed by atoms with Crippen LogP contribution in [0.4, 0.5) is 0 Å². The number of alkyl halides is 2. The minimum atomic E-state index is -0.544. The van der Waals surface area contributed by atoms with Gasteiger partial charge >= 0.3 is 0 Å². The molecular weight excluding hydrogens is 151 g/mol. The molecule has 8 heavy (non-hydrogen) atoms. The number of nitroso groups, excluding NO2 is 1. The Labute approximate surface area is 57.5 Å². The highest BCUT2D eigenvalue weighted by atomic mass is 35.5. The van der Waals surface area contributed by atoms with Gasteiger partial charge in [0.25, 0.3) is 0 Å². The summed E-state index contributed by atoms with van der Waals surface area (Å²) in [6, 6.07) is 0. The maximum Gasteiger partial charge on any atom is 0.127 e. The summed E-state index contributed by atoms with van der Waals surface area (Å²) in [5.74, 6) is 0. The van der Waals surface area contributed by atoms with Crippen LogP contribution in [-0.4, -0.2) is 23.4 Å². The molecule has 0 aromatic heterocycles. The number of hydrogen-bond acceptors (Lipinski definition) is 2. The van der Waals surface area contributed by atoms with Crippen LogP contribution in [0.2, 0.25) is 0 Å². The summed E-state index contributed by atoms with van der Waals surface area (Å²) in [6.45, 7) is 0.270. The van der Waals surface area contributed by atoms with E-state index in [-0.39, 0.29) is 6.54 Å². The first-order valence-corrected chi connectivity index (χ1v) is 2.86. The second-order valence-electron chi connectivity index (χ2n) is 1.31. The summed E-state index contributed by atoms with van der Waals surface area (Å²) in [5, 5.41) is 3.67. The average molecular weight is 157 g/mol. The van der Waals surface area contributed by atoms with Crippen molar-refractivity contribution in [1.82, 2.24) is 5.01 Å². The standard InChI is InChI=1S/C3H6Cl2N2O/c1-7(6-8)2-3(4)5/h3H,2H2,1H3. The summed E-state index contributed by atoms with van der Waals surface area (Å²) in [7, 11) is 1.50. The molecule has 0 aliphatic rings. The molecule has 0 unspecified atom stereocenters. The van der Waals surface area contributed by atoms with E-state index < -0.39 is 4.84 Å². The first-order valence-electron chi connectivity index (χ1n) is 1.99. The largest absolute Gasteiger partial charge is 0.261 e.